The number of sulfonamides is 1. The van der Waals surface area contributed by atoms with Gasteiger partial charge >= 0.3 is 0 Å². The highest BCUT2D eigenvalue weighted by molar-refractivity contribution is 7.90. The molecule has 4 rings (SSSR count). The van der Waals surface area contributed by atoms with Crippen molar-refractivity contribution in [3.05, 3.63) is 65.5 Å². The van der Waals surface area contributed by atoms with E-state index in [1.54, 1.807) is 36.4 Å². The van der Waals surface area contributed by atoms with Crippen molar-refractivity contribution in [3.8, 4) is 0 Å². The highest BCUT2D eigenvalue weighted by Gasteiger charge is 2.31. The first-order chi connectivity index (χ1) is 13.0. The number of morpholine rings is 1. The van der Waals surface area contributed by atoms with E-state index in [1.165, 1.54) is 12.1 Å². The van der Waals surface area contributed by atoms with E-state index < -0.39 is 10.0 Å². The third-order valence-electron chi connectivity index (χ3n) is 4.83. The SMILES string of the molecule is O=S1(=O)NC(=NCC(c2ccc(F)cc2)N2CCOCC2)c2ccccc21. The number of hydrogen-bond donors (Lipinski definition) is 1. The molecule has 1 N–H and O–H groups in total. The molecular weight excluding hydrogens is 369 g/mol. The monoisotopic (exact) mass is 389 g/mol. The Bertz CT molecular complexity index is 954. The van der Waals surface area contributed by atoms with Crippen molar-refractivity contribution in [1.29, 1.82) is 0 Å². The van der Waals surface area contributed by atoms with Crippen molar-refractivity contribution in [2.45, 2.75) is 10.9 Å². The summed E-state index contributed by atoms with van der Waals surface area (Å²) in [5, 5.41) is 0. The number of halogens is 1. The molecule has 6 nitrogen and oxygen atoms in total. The van der Waals surface area contributed by atoms with Gasteiger partial charge in [-0.2, -0.15) is 0 Å². The third-order valence-corrected chi connectivity index (χ3v) is 6.22. The highest BCUT2D eigenvalue weighted by Crippen LogP contribution is 2.25. The quantitative estimate of drug-likeness (QED) is 0.868. The van der Waals surface area contributed by atoms with E-state index in [9.17, 15) is 12.8 Å². The first-order valence-electron chi connectivity index (χ1n) is 8.78. The van der Waals surface area contributed by atoms with Crippen LogP contribution in [0.1, 0.15) is 17.2 Å². The van der Waals surface area contributed by atoms with Crippen molar-refractivity contribution >= 4 is 15.9 Å². The topological polar surface area (TPSA) is 71.0 Å². The Morgan fingerprint density at radius 3 is 2.56 bits per heavy atom. The van der Waals surface area contributed by atoms with Gasteiger partial charge in [-0.05, 0) is 29.8 Å². The van der Waals surface area contributed by atoms with Crippen molar-refractivity contribution in [2.75, 3.05) is 32.8 Å². The summed E-state index contributed by atoms with van der Waals surface area (Å²) in [7, 11) is -3.56. The first kappa shape index (κ1) is 18.1. The minimum Gasteiger partial charge on any atom is -0.379 e. The average molecular weight is 389 g/mol. The molecule has 0 spiro atoms. The normalized spacial score (nSPS) is 21.6. The van der Waals surface area contributed by atoms with Crippen LogP contribution in [0.25, 0.3) is 0 Å². The summed E-state index contributed by atoms with van der Waals surface area (Å²) in [6, 6.07) is 13.1. The Balaban J connectivity index is 1.64. The highest BCUT2D eigenvalue weighted by atomic mass is 32.2. The Kier molecular flexibility index (Phi) is 4.94. The van der Waals surface area contributed by atoms with E-state index in [0.29, 0.717) is 31.2 Å². The van der Waals surface area contributed by atoms with Crippen LogP contribution >= 0.6 is 0 Å². The molecule has 2 heterocycles. The molecule has 1 atom stereocenters. The van der Waals surface area contributed by atoms with Crippen LogP contribution in [0.15, 0.2) is 58.4 Å². The molecule has 0 amide bonds. The van der Waals surface area contributed by atoms with Crippen molar-refractivity contribution in [2.24, 2.45) is 4.99 Å². The van der Waals surface area contributed by atoms with Crippen LogP contribution in [-0.4, -0.2) is 52.0 Å². The number of aliphatic imine (C=N–C) groups is 1. The van der Waals surface area contributed by atoms with Gasteiger partial charge in [-0.25, -0.2) is 12.8 Å². The Morgan fingerprint density at radius 1 is 1.11 bits per heavy atom. The van der Waals surface area contributed by atoms with E-state index in [4.69, 9.17) is 4.74 Å². The van der Waals surface area contributed by atoms with E-state index in [-0.39, 0.29) is 16.8 Å². The fraction of sp³-hybridized carbons (Fsp3) is 0.316. The van der Waals surface area contributed by atoms with Gasteiger partial charge in [0.1, 0.15) is 11.7 Å². The zero-order valence-corrected chi connectivity index (χ0v) is 15.5. The van der Waals surface area contributed by atoms with Crippen LogP contribution < -0.4 is 4.72 Å². The van der Waals surface area contributed by atoms with E-state index >= 15 is 0 Å². The summed E-state index contributed by atoms with van der Waals surface area (Å²) in [6.45, 7) is 3.11. The molecule has 0 bridgehead atoms. The second-order valence-electron chi connectivity index (χ2n) is 6.51. The van der Waals surface area contributed by atoms with Gasteiger partial charge in [-0.15, -0.1) is 0 Å². The maximum absolute atomic E-state index is 13.3. The van der Waals surface area contributed by atoms with Gasteiger partial charge in [0.25, 0.3) is 10.0 Å². The third kappa shape index (κ3) is 3.73. The van der Waals surface area contributed by atoms with Crippen LogP contribution in [0, 0.1) is 5.82 Å². The van der Waals surface area contributed by atoms with Crippen LogP contribution in [0.5, 0.6) is 0 Å². The molecule has 27 heavy (non-hydrogen) atoms. The maximum atomic E-state index is 13.3. The smallest absolute Gasteiger partial charge is 0.263 e. The molecular formula is C19H20FN3O3S. The first-order valence-corrected chi connectivity index (χ1v) is 10.3. The molecule has 0 radical (unpaired) electrons. The van der Waals surface area contributed by atoms with Gasteiger partial charge in [-0.1, -0.05) is 24.3 Å². The summed E-state index contributed by atoms with van der Waals surface area (Å²) in [6.07, 6.45) is 0. The predicted molar refractivity (Wildman–Crippen MR) is 99.7 cm³/mol. The number of ether oxygens (including phenoxy) is 1. The van der Waals surface area contributed by atoms with Crippen LogP contribution in [0.3, 0.4) is 0 Å². The van der Waals surface area contributed by atoms with Crippen molar-refractivity contribution in [3.63, 3.8) is 0 Å². The second-order valence-corrected chi connectivity index (χ2v) is 8.16. The minimum atomic E-state index is -3.56. The van der Waals surface area contributed by atoms with Crippen LogP contribution in [0.4, 0.5) is 4.39 Å². The van der Waals surface area contributed by atoms with Gasteiger partial charge in [0.05, 0.1) is 30.7 Å². The predicted octanol–water partition coefficient (Wildman–Crippen LogP) is 1.94. The molecule has 1 saturated heterocycles. The fourth-order valence-electron chi connectivity index (χ4n) is 3.43. The summed E-state index contributed by atoms with van der Waals surface area (Å²) in [5.41, 5.74) is 1.52. The summed E-state index contributed by atoms with van der Waals surface area (Å²) in [4.78, 5) is 7.06. The van der Waals surface area contributed by atoms with E-state index in [1.807, 2.05) is 0 Å². The number of amidine groups is 1. The largest absolute Gasteiger partial charge is 0.379 e. The van der Waals surface area contributed by atoms with Gasteiger partial charge in [0.15, 0.2) is 0 Å². The average Bonchev–Trinajstić information content (AvgIpc) is 2.95. The number of nitrogens with zero attached hydrogens (tertiary/aromatic N) is 2. The lowest BCUT2D eigenvalue weighted by molar-refractivity contribution is 0.0180. The van der Waals surface area contributed by atoms with Crippen LogP contribution in [0.2, 0.25) is 0 Å². The lowest BCUT2D eigenvalue weighted by Gasteiger charge is -2.34. The molecule has 1 unspecified atom stereocenters. The van der Waals surface area contributed by atoms with Gasteiger partial charge in [0.2, 0.25) is 0 Å². The second kappa shape index (κ2) is 7.38. The number of nitrogens with one attached hydrogen (secondary N) is 1. The zero-order chi connectivity index (χ0) is 18.9. The molecule has 0 aliphatic carbocycles. The Labute approximate surface area is 157 Å². The molecule has 2 aromatic rings. The minimum absolute atomic E-state index is 0.0840. The van der Waals surface area contributed by atoms with Gasteiger partial charge in [0, 0.05) is 18.7 Å². The van der Waals surface area contributed by atoms with Crippen LogP contribution in [-0.2, 0) is 14.8 Å². The number of fused-ring (bicyclic) bond motifs is 1. The number of hydrogen-bond acceptors (Lipinski definition) is 5. The zero-order valence-electron chi connectivity index (χ0n) is 14.6. The number of benzene rings is 2. The summed E-state index contributed by atoms with van der Waals surface area (Å²) < 4.78 is 45.8. The molecule has 1 fully saturated rings. The standard InChI is InChI=1S/C19H20FN3O3S/c20-15-7-5-14(6-8-15)17(23-9-11-26-12-10-23)13-21-19-16-3-1-2-4-18(16)27(24,25)22-19/h1-8,17H,9-13H2,(H,21,22). The summed E-state index contributed by atoms with van der Waals surface area (Å²) in [5.74, 6) is 0.0641. The molecule has 8 heteroatoms. The molecule has 0 saturated carbocycles. The lowest BCUT2D eigenvalue weighted by Crippen LogP contribution is -2.40. The molecule has 0 aromatic heterocycles. The van der Waals surface area contributed by atoms with Crippen molar-refractivity contribution < 1.29 is 17.5 Å². The molecule has 142 valence electrons. The van der Waals surface area contributed by atoms with E-state index in [2.05, 4.69) is 14.6 Å². The van der Waals surface area contributed by atoms with Gasteiger partial charge < -0.3 is 4.74 Å². The summed E-state index contributed by atoms with van der Waals surface area (Å²) >= 11 is 0. The maximum Gasteiger partial charge on any atom is 0.263 e. The van der Waals surface area contributed by atoms with Gasteiger partial charge in [-0.3, -0.25) is 14.6 Å². The fourth-order valence-corrected chi connectivity index (χ4v) is 4.69. The molecule has 2 aliphatic heterocycles. The van der Waals surface area contributed by atoms with Crippen molar-refractivity contribution in [1.82, 2.24) is 9.62 Å². The number of rotatable bonds is 4. The lowest BCUT2D eigenvalue weighted by atomic mass is 10.0. The Hall–Kier alpha value is -2.29. The Morgan fingerprint density at radius 2 is 1.81 bits per heavy atom. The van der Waals surface area contributed by atoms with E-state index in [0.717, 1.165) is 18.7 Å². The molecule has 2 aliphatic rings. The molecule has 2 aromatic carbocycles.